The summed E-state index contributed by atoms with van der Waals surface area (Å²) in [5, 5.41) is 10.4. The molecule has 1 aliphatic heterocycles. The summed E-state index contributed by atoms with van der Waals surface area (Å²) in [4.78, 5) is 31.5. The van der Waals surface area contributed by atoms with Crippen LogP contribution in [0.2, 0.25) is 0 Å². The normalized spacial score (nSPS) is 13.2. The lowest BCUT2D eigenvalue weighted by molar-refractivity contribution is 0.248. The molecule has 0 atom stereocenters. The van der Waals surface area contributed by atoms with E-state index in [1.165, 1.54) is 12.8 Å². The summed E-state index contributed by atoms with van der Waals surface area (Å²) in [7, 11) is 1.65. The van der Waals surface area contributed by atoms with E-state index in [1.54, 1.807) is 13.4 Å². The van der Waals surface area contributed by atoms with Crippen molar-refractivity contribution in [3.05, 3.63) is 102 Å². The van der Waals surface area contributed by atoms with Crippen LogP contribution in [-0.2, 0) is 19.4 Å². The van der Waals surface area contributed by atoms with Crippen molar-refractivity contribution < 1.29 is 14.3 Å². The summed E-state index contributed by atoms with van der Waals surface area (Å²) in [5.74, 6) is 3.10. The average Bonchev–Trinajstić information content (AvgIpc) is 3.20. The minimum Gasteiger partial charge on any atom is -0.493 e. The van der Waals surface area contributed by atoms with Gasteiger partial charge in [0.05, 0.1) is 19.2 Å². The number of pyridine rings is 1. The van der Waals surface area contributed by atoms with Gasteiger partial charge in [0.1, 0.15) is 18.0 Å². The molecule has 53 heavy (non-hydrogen) atoms. The van der Waals surface area contributed by atoms with E-state index < -0.39 is 0 Å². The van der Waals surface area contributed by atoms with Gasteiger partial charge in [-0.05, 0) is 79.3 Å². The van der Waals surface area contributed by atoms with E-state index in [2.05, 4.69) is 78.8 Å². The van der Waals surface area contributed by atoms with Gasteiger partial charge in [-0.15, -0.1) is 0 Å². The molecule has 1 saturated heterocycles. The van der Waals surface area contributed by atoms with Gasteiger partial charge < -0.3 is 30.3 Å². The summed E-state index contributed by atoms with van der Waals surface area (Å²) < 4.78 is 11.9. The fourth-order valence-electron chi connectivity index (χ4n) is 6.82. The number of nitrogens with zero attached hydrogens (tertiary/aromatic N) is 5. The molecular formula is C42H52N8O3. The lowest BCUT2D eigenvalue weighted by atomic mass is 10.0. The number of anilines is 4. The fraction of sp³-hybridized carbons (Fsp3) is 0.381. The zero-order valence-electron chi connectivity index (χ0n) is 31.2. The van der Waals surface area contributed by atoms with E-state index in [9.17, 15) is 4.79 Å². The third-order valence-corrected chi connectivity index (χ3v) is 9.77. The molecule has 0 unspecified atom stereocenters. The van der Waals surface area contributed by atoms with Crippen LogP contribution in [0.15, 0.2) is 85.3 Å². The summed E-state index contributed by atoms with van der Waals surface area (Å²) >= 11 is 0. The number of methoxy groups -OCH3 is 1. The highest BCUT2D eigenvalue weighted by Crippen LogP contribution is 2.34. The maximum Gasteiger partial charge on any atom is 0.323 e. The van der Waals surface area contributed by atoms with Crippen molar-refractivity contribution in [1.29, 1.82) is 0 Å². The number of unbranched alkanes of at least 4 members (excludes halogenated alkanes) is 3. The maximum atomic E-state index is 13.0. The van der Waals surface area contributed by atoms with Gasteiger partial charge in [-0.1, -0.05) is 63.1 Å². The van der Waals surface area contributed by atoms with Crippen molar-refractivity contribution in [2.75, 3.05) is 67.3 Å². The van der Waals surface area contributed by atoms with Crippen molar-refractivity contribution in [3.63, 3.8) is 0 Å². The number of benzene rings is 3. The quantitative estimate of drug-likeness (QED) is 0.0820. The largest absolute Gasteiger partial charge is 0.493 e. The van der Waals surface area contributed by atoms with Crippen LogP contribution in [-0.4, -0.2) is 72.3 Å². The van der Waals surface area contributed by atoms with Crippen LogP contribution in [0.5, 0.6) is 11.5 Å². The first-order chi connectivity index (χ1) is 26.0. The molecule has 2 aromatic heterocycles. The van der Waals surface area contributed by atoms with E-state index in [4.69, 9.17) is 9.47 Å². The topological polar surface area (TPSA) is 117 Å². The Kier molecular flexibility index (Phi) is 13.3. The molecule has 0 bridgehead atoms. The van der Waals surface area contributed by atoms with E-state index in [-0.39, 0.29) is 6.03 Å². The van der Waals surface area contributed by atoms with Gasteiger partial charge in [0.25, 0.3) is 0 Å². The van der Waals surface area contributed by atoms with Crippen LogP contribution in [0.3, 0.4) is 0 Å². The molecule has 5 aromatic rings. The van der Waals surface area contributed by atoms with Gasteiger partial charge in [0, 0.05) is 61.7 Å². The highest BCUT2D eigenvalue weighted by atomic mass is 16.5. The van der Waals surface area contributed by atoms with Gasteiger partial charge in [0.2, 0.25) is 0 Å². The third kappa shape index (κ3) is 10.1. The van der Waals surface area contributed by atoms with Crippen molar-refractivity contribution in [2.45, 2.75) is 58.9 Å². The Morgan fingerprint density at radius 2 is 1.58 bits per heavy atom. The second-order valence-corrected chi connectivity index (χ2v) is 13.3. The van der Waals surface area contributed by atoms with Crippen molar-refractivity contribution in [3.8, 4) is 11.5 Å². The van der Waals surface area contributed by atoms with Crippen LogP contribution < -0.4 is 30.3 Å². The predicted octanol–water partition coefficient (Wildman–Crippen LogP) is 8.18. The molecular weight excluding hydrogens is 665 g/mol. The number of amides is 2. The standard InChI is InChI=1S/C42H52N8O3/c1-4-32-15-13-16-33(5-2)40(32)48-42(51)47-34-17-12-14-31(26-34)29-44-41-35-27-38(37(52-3)28-36(35)45-30-46-41)53-25-11-7-6-10-20-49-21-23-50(24-22-49)39-18-8-9-19-43-39/h8-9,12-19,26-28,30H,4-7,10-11,20-25,29H2,1-3H3,(H,44,45,46)(H2,47,48,51). The lowest BCUT2D eigenvalue weighted by Crippen LogP contribution is -2.46. The smallest absolute Gasteiger partial charge is 0.323 e. The SMILES string of the molecule is CCc1cccc(CC)c1NC(=O)Nc1cccc(CNc2ncnc3cc(OC)c(OCCCCCCN4CCN(c5ccccn5)CC4)cc23)c1. The van der Waals surface area contributed by atoms with Crippen molar-refractivity contribution in [1.82, 2.24) is 19.9 Å². The number of carbonyl (C=O) groups is 1. The molecule has 0 radical (unpaired) electrons. The Labute approximate surface area is 313 Å². The Hall–Kier alpha value is -5.42. The summed E-state index contributed by atoms with van der Waals surface area (Å²) in [6, 6.07) is 23.7. The zero-order chi connectivity index (χ0) is 36.8. The number of nitrogens with one attached hydrogen (secondary N) is 3. The molecule has 3 aromatic carbocycles. The highest BCUT2D eigenvalue weighted by Gasteiger charge is 2.18. The van der Waals surface area contributed by atoms with Gasteiger partial charge in [-0.25, -0.2) is 19.7 Å². The molecule has 0 saturated carbocycles. The Morgan fingerprint density at radius 3 is 2.34 bits per heavy atom. The molecule has 11 nitrogen and oxygen atoms in total. The number of urea groups is 1. The average molecular weight is 717 g/mol. The van der Waals surface area contributed by atoms with Crippen LogP contribution in [0.25, 0.3) is 10.9 Å². The van der Waals surface area contributed by atoms with Gasteiger partial charge >= 0.3 is 6.03 Å². The molecule has 1 fully saturated rings. The number of carbonyl (C=O) groups excluding carboxylic acids is 1. The third-order valence-electron chi connectivity index (χ3n) is 9.77. The Morgan fingerprint density at radius 1 is 0.792 bits per heavy atom. The zero-order valence-corrected chi connectivity index (χ0v) is 31.2. The van der Waals surface area contributed by atoms with E-state index in [0.717, 1.165) is 97.5 Å². The molecule has 3 N–H and O–H groups in total. The van der Waals surface area contributed by atoms with Gasteiger partial charge in [-0.2, -0.15) is 0 Å². The summed E-state index contributed by atoms with van der Waals surface area (Å²) in [5.41, 5.74) is 5.60. The monoisotopic (exact) mass is 716 g/mol. The van der Waals surface area contributed by atoms with Crippen LogP contribution in [0.1, 0.15) is 56.2 Å². The van der Waals surface area contributed by atoms with Gasteiger partial charge in [0.15, 0.2) is 11.5 Å². The molecule has 11 heteroatoms. The first kappa shape index (κ1) is 37.3. The highest BCUT2D eigenvalue weighted by molar-refractivity contribution is 6.00. The molecule has 278 valence electrons. The van der Waals surface area contributed by atoms with Crippen molar-refractivity contribution >= 4 is 39.9 Å². The number of fused-ring (bicyclic) bond motifs is 1. The number of aromatic nitrogens is 3. The molecule has 3 heterocycles. The lowest BCUT2D eigenvalue weighted by Gasteiger charge is -2.35. The molecule has 1 aliphatic rings. The number of piperazine rings is 1. The van der Waals surface area contributed by atoms with Gasteiger partial charge in [-0.3, -0.25) is 4.90 Å². The molecule has 6 rings (SSSR count). The number of hydrogen-bond acceptors (Lipinski definition) is 9. The summed E-state index contributed by atoms with van der Waals surface area (Å²) in [6.07, 6.45) is 9.55. The predicted molar refractivity (Wildman–Crippen MR) is 215 cm³/mol. The second-order valence-electron chi connectivity index (χ2n) is 13.3. The number of ether oxygens (including phenoxy) is 2. The van der Waals surface area contributed by atoms with Crippen LogP contribution in [0.4, 0.5) is 27.8 Å². The Balaban J connectivity index is 0.976. The number of hydrogen-bond donors (Lipinski definition) is 3. The minimum atomic E-state index is -0.263. The van der Waals surface area contributed by atoms with Crippen molar-refractivity contribution in [2.24, 2.45) is 0 Å². The number of aryl methyl sites for hydroxylation is 2. The van der Waals surface area contributed by atoms with E-state index in [1.807, 2.05) is 54.7 Å². The first-order valence-corrected chi connectivity index (χ1v) is 18.9. The maximum absolute atomic E-state index is 13.0. The Bertz CT molecular complexity index is 1910. The van der Waals surface area contributed by atoms with E-state index in [0.29, 0.717) is 36.2 Å². The fourth-order valence-corrected chi connectivity index (χ4v) is 6.82. The molecule has 0 spiro atoms. The van der Waals surface area contributed by atoms with Crippen LogP contribution in [0, 0.1) is 0 Å². The number of para-hydroxylation sites is 1. The minimum absolute atomic E-state index is 0.263. The molecule has 0 aliphatic carbocycles. The summed E-state index contributed by atoms with van der Waals surface area (Å²) in [6.45, 7) is 10.7. The van der Waals surface area contributed by atoms with E-state index >= 15 is 0 Å². The van der Waals surface area contributed by atoms with Crippen LogP contribution >= 0.6 is 0 Å². The second kappa shape index (κ2) is 18.9. The number of rotatable bonds is 17. The first-order valence-electron chi connectivity index (χ1n) is 18.9. The molecule has 2 amide bonds.